The Bertz CT molecular complexity index is 1920. The maximum Gasteiger partial charge on any atom is 0.216 e. The first-order valence-electron chi connectivity index (χ1n) is 13.9. The number of aromatic nitrogens is 1. The van der Waals surface area contributed by atoms with Gasteiger partial charge in [-0.15, -0.1) is 0 Å². The highest BCUT2D eigenvalue weighted by atomic mass is 19.1. The number of aryl methyl sites for hydroxylation is 2. The Morgan fingerprint density at radius 3 is 2.33 bits per heavy atom. The molecule has 0 bridgehead atoms. The molecule has 2 aromatic heterocycles. The molecule has 1 aliphatic heterocycles. The molecule has 4 heteroatoms. The van der Waals surface area contributed by atoms with Gasteiger partial charge in [0.1, 0.15) is 24.0 Å². The van der Waals surface area contributed by atoms with E-state index in [1.165, 1.54) is 16.9 Å². The molecule has 1 aliphatic rings. The first-order chi connectivity index (χ1) is 19.3. The second-order valence-electron chi connectivity index (χ2n) is 11.6. The lowest BCUT2D eigenvalue weighted by molar-refractivity contribution is -0.660. The Balaban J connectivity index is 1.46. The largest absolute Gasteiger partial charge is 0.454 e. The highest BCUT2D eigenvalue weighted by Crippen LogP contribution is 2.46. The molecule has 198 valence electrons. The van der Waals surface area contributed by atoms with Crippen LogP contribution in [-0.4, -0.2) is 6.54 Å². The first kappa shape index (κ1) is 24.6. The van der Waals surface area contributed by atoms with E-state index >= 15 is 4.39 Å². The second kappa shape index (κ2) is 9.06. The summed E-state index contributed by atoms with van der Waals surface area (Å²) < 4.78 is 24.6. The van der Waals surface area contributed by atoms with Crippen LogP contribution in [0.15, 0.2) is 102 Å². The van der Waals surface area contributed by atoms with Gasteiger partial charge in [-0.25, -0.2) is 8.96 Å². The molecule has 7 rings (SSSR count). The topological polar surface area (TPSA) is 20.3 Å². The molecule has 0 radical (unpaired) electrons. The van der Waals surface area contributed by atoms with Gasteiger partial charge >= 0.3 is 0 Å². The predicted molar refractivity (Wildman–Crippen MR) is 162 cm³/mol. The molecular formula is C36H32FN2O+. The minimum Gasteiger partial charge on any atom is -0.454 e. The van der Waals surface area contributed by atoms with E-state index in [0.717, 1.165) is 51.7 Å². The van der Waals surface area contributed by atoms with Crippen molar-refractivity contribution in [3.8, 4) is 22.4 Å². The molecule has 3 heterocycles. The summed E-state index contributed by atoms with van der Waals surface area (Å²) in [4.78, 5) is 2.37. The minimum absolute atomic E-state index is 0.0405. The second-order valence-corrected chi connectivity index (χ2v) is 11.6. The fourth-order valence-electron chi connectivity index (χ4n) is 6.34. The summed E-state index contributed by atoms with van der Waals surface area (Å²) in [5.41, 5.74) is 9.49. The number of nitrogens with zero attached hydrogens (tertiary/aromatic N) is 2. The van der Waals surface area contributed by atoms with E-state index in [2.05, 4.69) is 84.8 Å². The van der Waals surface area contributed by atoms with Crippen molar-refractivity contribution < 1.29 is 13.4 Å². The van der Waals surface area contributed by atoms with Crippen molar-refractivity contribution in [1.29, 1.82) is 0 Å². The van der Waals surface area contributed by atoms with Gasteiger partial charge in [-0.2, -0.15) is 0 Å². The molecule has 0 unspecified atom stereocenters. The maximum atomic E-state index is 15.8. The number of para-hydroxylation sites is 1. The molecule has 0 amide bonds. The van der Waals surface area contributed by atoms with E-state index in [1.807, 2.05) is 43.6 Å². The zero-order chi connectivity index (χ0) is 27.6. The van der Waals surface area contributed by atoms with Gasteiger partial charge in [-0.1, -0.05) is 50.2 Å². The maximum absolute atomic E-state index is 15.8. The third-order valence-electron chi connectivity index (χ3n) is 8.61. The van der Waals surface area contributed by atoms with Gasteiger partial charge in [-0.3, -0.25) is 0 Å². The quantitative estimate of drug-likeness (QED) is 0.214. The van der Waals surface area contributed by atoms with Crippen molar-refractivity contribution in [3.63, 3.8) is 0 Å². The molecule has 3 nitrogen and oxygen atoms in total. The van der Waals surface area contributed by atoms with Crippen molar-refractivity contribution in [2.24, 2.45) is 7.05 Å². The van der Waals surface area contributed by atoms with E-state index in [0.29, 0.717) is 11.1 Å². The van der Waals surface area contributed by atoms with Crippen LogP contribution in [0.4, 0.5) is 15.8 Å². The number of fused-ring (bicyclic) bond motifs is 4. The fourth-order valence-corrected chi connectivity index (χ4v) is 6.34. The van der Waals surface area contributed by atoms with E-state index in [1.54, 1.807) is 6.07 Å². The summed E-state index contributed by atoms with van der Waals surface area (Å²) in [6, 6.07) is 30.7. The van der Waals surface area contributed by atoms with Crippen LogP contribution in [0.2, 0.25) is 0 Å². The highest BCUT2D eigenvalue weighted by molar-refractivity contribution is 6.13. The fraction of sp³-hybridized carbons (Fsp3) is 0.194. The number of hydrogen-bond acceptors (Lipinski definition) is 2. The highest BCUT2D eigenvalue weighted by Gasteiger charge is 2.33. The zero-order valence-corrected chi connectivity index (χ0v) is 23.3. The van der Waals surface area contributed by atoms with Gasteiger partial charge in [0.15, 0.2) is 6.20 Å². The molecule has 0 saturated heterocycles. The van der Waals surface area contributed by atoms with Crippen LogP contribution < -0.4 is 9.47 Å². The summed E-state index contributed by atoms with van der Waals surface area (Å²) in [6.45, 7) is 7.60. The van der Waals surface area contributed by atoms with Gasteiger partial charge in [0.2, 0.25) is 5.69 Å². The Morgan fingerprint density at radius 1 is 0.825 bits per heavy atom. The predicted octanol–water partition coefficient (Wildman–Crippen LogP) is 9.01. The van der Waals surface area contributed by atoms with Crippen LogP contribution in [0.5, 0.6) is 0 Å². The van der Waals surface area contributed by atoms with E-state index < -0.39 is 0 Å². The van der Waals surface area contributed by atoms with Crippen LogP contribution in [-0.2, 0) is 12.5 Å². The first-order valence-corrected chi connectivity index (χ1v) is 13.9. The average molecular weight is 528 g/mol. The van der Waals surface area contributed by atoms with Crippen molar-refractivity contribution in [2.75, 3.05) is 11.4 Å². The lowest BCUT2D eigenvalue weighted by Crippen LogP contribution is -2.34. The molecule has 0 N–H and O–H groups in total. The molecule has 40 heavy (non-hydrogen) atoms. The van der Waals surface area contributed by atoms with E-state index in [4.69, 9.17) is 4.42 Å². The number of rotatable bonds is 3. The summed E-state index contributed by atoms with van der Waals surface area (Å²) in [6.07, 6.45) is 3.04. The van der Waals surface area contributed by atoms with Crippen LogP contribution in [0.25, 0.3) is 44.3 Å². The standard InChI is InChI=1S/C36H32FN2O/c1-23-13-15-26-27-16-17-29(37)33(35(27)40-34(26)32(23)31-12-8-9-20-38(31)4)24-14-18-30-28(22-24)36(2,3)19-21-39(30)25-10-6-5-7-11-25/h5-18,20,22H,19,21H2,1-4H3/q+1. The number of furan rings is 1. The third kappa shape index (κ3) is 3.74. The number of halogens is 1. The normalized spacial score (nSPS) is 14.6. The molecule has 0 saturated carbocycles. The van der Waals surface area contributed by atoms with E-state index in [9.17, 15) is 0 Å². The van der Waals surface area contributed by atoms with Crippen molar-refractivity contribution in [3.05, 3.63) is 114 Å². The number of anilines is 2. The van der Waals surface area contributed by atoms with Crippen molar-refractivity contribution in [2.45, 2.75) is 32.6 Å². The van der Waals surface area contributed by atoms with Gasteiger partial charge in [-0.05, 0) is 77.9 Å². The van der Waals surface area contributed by atoms with Crippen LogP contribution >= 0.6 is 0 Å². The Kier molecular flexibility index (Phi) is 5.57. The molecular weight excluding hydrogens is 495 g/mol. The van der Waals surface area contributed by atoms with Crippen LogP contribution in [0, 0.1) is 12.7 Å². The summed E-state index contributed by atoms with van der Waals surface area (Å²) in [7, 11) is 2.04. The monoisotopic (exact) mass is 527 g/mol. The minimum atomic E-state index is -0.274. The Morgan fingerprint density at radius 2 is 1.55 bits per heavy atom. The van der Waals surface area contributed by atoms with Gasteiger partial charge < -0.3 is 9.32 Å². The van der Waals surface area contributed by atoms with Crippen molar-refractivity contribution in [1.82, 2.24) is 0 Å². The average Bonchev–Trinajstić information content (AvgIpc) is 3.32. The summed E-state index contributed by atoms with van der Waals surface area (Å²) >= 11 is 0. The number of pyridine rings is 1. The SMILES string of the molecule is Cc1ccc2c(oc3c(-c4ccc5c(c4)C(C)(C)CCN5c4ccccc4)c(F)ccc32)c1-c1cccc[n+]1C. The number of benzene rings is 4. The third-order valence-corrected chi connectivity index (χ3v) is 8.61. The molecule has 0 fully saturated rings. The smallest absolute Gasteiger partial charge is 0.216 e. The van der Waals surface area contributed by atoms with Crippen LogP contribution in [0.1, 0.15) is 31.4 Å². The Hall–Kier alpha value is -4.44. The zero-order valence-electron chi connectivity index (χ0n) is 23.3. The lowest BCUT2D eigenvalue weighted by atomic mass is 9.76. The van der Waals surface area contributed by atoms with E-state index in [-0.39, 0.29) is 11.2 Å². The molecule has 0 spiro atoms. The van der Waals surface area contributed by atoms with Crippen molar-refractivity contribution >= 4 is 33.3 Å². The summed E-state index contributed by atoms with van der Waals surface area (Å²) in [5.74, 6) is -0.274. The molecule has 0 atom stereocenters. The van der Waals surface area contributed by atoms with Crippen LogP contribution in [0.3, 0.4) is 0 Å². The molecule has 4 aromatic carbocycles. The molecule has 6 aromatic rings. The van der Waals surface area contributed by atoms with Gasteiger partial charge in [0, 0.05) is 40.8 Å². The number of hydrogen-bond donors (Lipinski definition) is 0. The summed E-state index contributed by atoms with van der Waals surface area (Å²) in [5, 5.41) is 1.92. The van der Waals surface area contributed by atoms with Gasteiger partial charge in [0.05, 0.1) is 11.1 Å². The molecule has 0 aliphatic carbocycles. The Labute approximate surface area is 234 Å². The van der Waals surface area contributed by atoms with Gasteiger partial charge in [0.25, 0.3) is 0 Å². The lowest BCUT2D eigenvalue weighted by Gasteiger charge is -2.40.